The zero-order valence-electron chi connectivity index (χ0n) is 59.1. The SMILES string of the molecule is CCCC[C@@H]1NC(=O)[C@H](Cc2cc(F)cc(I)c2)NC(=O)CN(C)C(=O)[C@H](Cc2ccc(OC)cc2)N(C)C(=O)C2CCN2C(=O)[C@H](C)N(C)C(=O)[C@H]([C@@H](C)CC)NC(=O)[C@H](CC)N(C)C(=O)C[C@@H](C(=O)N2CCCCC2)N(C)C(=O)[C@H](CC(C)C)NC(=O)C(C)(C)N(C)C1=O. The van der Waals surface area contributed by atoms with E-state index in [1.54, 1.807) is 49.1 Å². The summed E-state index contributed by atoms with van der Waals surface area (Å²) in [5.74, 6) is -9.04. The van der Waals surface area contributed by atoms with Gasteiger partial charge in [0.2, 0.25) is 70.9 Å². The Morgan fingerprint density at radius 2 is 1.32 bits per heavy atom. The Balaban J connectivity index is 1.63. The topological polar surface area (TPSA) is 288 Å². The fourth-order valence-corrected chi connectivity index (χ4v) is 12.9. The van der Waals surface area contributed by atoms with Gasteiger partial charge in [0.05, 0.1) is 20.1 Å². The van der Waals surface area contributed by atoms with Crippen LogP contribution in [-0.4, -0.2) is 246 Å². The zero-order chi connectivity index (χ0) is 71.8. The Morgan fingerprint density at radius 3 is 1.89 bits per heavy atom. The lowest BCUT2D eigenvalue weighted by Gasteiger charge is -2.45. The number of methoxy groups -OCH3 is 1. The van der Waals surface area contributed by atoms with Crippen LogP contribution in [0, 0.1) is 21.2 Å². The van der Waals surface area contributed by atoms with Gasteiger partial charge in [-0.05, 0) is 142 Å². The summed E-state index contributed by atoms with van der Waals surface area (Å²) in [7, 11) is 9.85. The molecule has 96 heavy (non-hydrogen) atoms. The van der Waals surface area contributed by atoms with Crippen molar-refractivity contribution >= 4 is 93.5 Å². The first-order valence-electron chi connectivity index (χ1n) is 33.6. The summed E-state index contributed by atoms with van der Waals surface area (Å²) >= 11 is 1.92. The first kappa shape index (κ1) is 79.2. The summed E-state index contributed by atoms with van der Waals surface area (Å²) in [6.45, 7) is 15.5. The van der Waals surface area contributed by atoms with Gasteiger partial charge in [0.15, 0.2) is 0 Å². The number of carbonyl (C=O) groups is 12. The molecule has 1 unspecified atom stereocenters. The maximum Gasteiger partial charge on any atom is 0.246 e. The van der Waals surface area contributed by atoms with Gasteiger partial charge in [-0.2, -0.15) is 0 Å². The molecule has 0 radical (unpaired) electrons. The molecule has 3 heterocycles. The number of piperidine rings is 1. The molecular weight excluding hydrogens is 1350 g/mol. The van der Waals surface area contributed by atoms with Crippen LogP contribution < -0.4 is 26.0 Å². The van der Waals surface area contributed by atoms with Crippen LogP contribution in [0.4, 0.5) is 4.39 Å². The Hall–Kier alpha value is -7.46. The molecule has 0 spiro atoms. The number of benzene rings is 2. The number of amides is 12. The van der Waals surface area contributed by atoms with Crippen LogP contribution in [0.5, 0.6) is 5.75 Å². The van der Waals surface area contributed by atoms with Gasteiger partial charge in [0.25, 0.3) is 0 Å². The first-order chi connectivity index (χ1) is 45.1. The average Bonchev–Trinajstić information content (AvgIpc) is 0.786. The molecule has 2 aromatic rings. The zero-order valence-corrected chi connectivity index (χ0v) is 61.2. The van der Waals surface area contributed by atoms with E-state index in [0.29, 0.717) is 65.6 Å². The van der Waals surface area contributed by atoms with Crippen LogP contribution in [0.2, 0.25) is 0 Å². The molecule has 0 aromatic heterocycles. The second-order valence-corrected chi connectivity index (χ2v) is 28.2. The Morgan fingerprint density at radius 1 is 0.677 bits per heavy atom. The highest BCUT2D eigenvalue weighted by molar-refractivity contribution is 14.1. The van der Waals surface area contributed by atoms with E-state index in [0.717, 1.165) is 21.1 Å². The van der Waals surface area contributed by atoms with E-state index >= 15 is 9.18 Å². The highest BCUT2D eigenvalue weighted by Gasteiger charge is 2.47. The molecule has 0 saturated carbocycles. The van der Waals surface area contributed by atoms with E-state index in [9.17, 15) is 52.7 Å². The lowest BCUT2D eigenvalue weighted by molar-refractivity contribution is -0.160. The van der Waals surface area contributed by atoms with E-state index in [4.69, 9.17) is 4.74 Å². The molecule has 3 aliphatic rings. The van der Waals surface area contributed by atoms with Crippen LogP contribution >= 0.6 is 22.6 Å². The number of hydrogen-bond donors (Lipinski definition) is 4. The molecule has 4 N–H and O–H groups in total. The number of nitrogens with zero attached hydrogens (tertiary/aromatic N) is 8. The monoisotopic (exact) mass is 1450 g/mol. The number of likely N-dealkylation sites (tertiary alicyclic amines) is 1. The number of ether oxygens (including phenoxy) is 1. The summed E-state index contributed by atoms with van der Waals surface area (Å²) < 4.78 is 20.9. The summed E-state index contributed by atoms with van der Waals surface area (Å²) in [5, 5.41) is 11.3. The Labute approximate surface area is 579 Å². The fraction of sp³-hybridized carbons (Fsp3) is 0.652. The van der Waals surface area contributed by atoms with E-state index < -0.39 is 156 Å². The van der Waals surface area contributed by atoms with Gasteiger partial charge < -0.3 is 65.2 Å². The van der Waals surface area contributed by atoms with Crippen molar-refractivity contribution in [2.45, 2.75) is 206 Å². The molecule has 3 aliphatic heterocycles. The molecule has 2 aromatic carbocycles. The summed E-state index contributed by atoms with van der Waals surface area (Å²) in [6, 6.07) is -0.495. The van der Waals surface area contributed by atoms with Crippen LogP contribution in [0.25, 0.3) is 0 Å². The predicted octanol–water partition coefficient (Wildman–Crippen LogP) is 3.90. The van der Waals surface area contributed by atoms with Gasteiger partial charge in [-0.15, -0.1) is 0 Å². The minimum Gasteiger partial charge on any atom is -0.497 e. The molecule has 0 bridgehead atoms. The normalized spacial score (nSPS) is 25.6. The summed E-state index contributed by atoms with van der Waals surface area (Å²) in [6.07, 6.45) is 3.14. The quantitative estimate of drug-likeness (QED) is 0.196. The van der Waals surface area contributed by atoms with Crippen molar-refractivity contribution in [3.05, 3.63) is 63.0 Å². The van der Waals surface area contributed by atoms with Crippen LogP contribution in [0.3, 0.4) is 0 Å². The molecule has 10 atom stereocenters. The first-order valence-corrected chi connectivity index (χ1v) is 34.7. The average molecular weight is 1460 g/mol. The van der Waals surface area contributed by atoms with Crippen LogP contribution in [0.1, 0.15) is 144 Å². The van der Waals surface area contributed by atoms with E-state index in [1.165, 1.54) is 102 Å². The van der Waals surface area contributed by atoms with Crippen molar-refractivity contribution in [2.24, 2.45) is 11.8 Å². The van der Waals surface area contributed by atoms with E-state index in [-0.39, 0.29) is 51.0 Å². The molecule has 27 heteroatoms. The van der Waals surface area contributed by atoms with Crippen molar-refractivity contribution in [1.29, 1.82) is 0 Å². The molecule has 25 nitrogen and oxygen atoms in total. The number of fused-ring (bicyclic) bond motifs is 1. The van der Waals surface area contributed by atoms with E-state index in [1.807, 2.05) is 50.3 Å². The largest absolute Gasteiger partial charge is 0.497 e. The van der Waals surface area contributed by atoms with Gasteiger partial charge in [-0.1, -0.05) is 72.9 Å². The third-order valence-corrected chi connectivity index (χ3v) is 19.9. The van der Waals surface area contributed by atoms with Gasteiger partial charge in [0, 0.05) is 78.3 Å². The van der Waals surface area contributed by atoms with Crippen molar-refractivity contribution in [3.63, 3.8) is 0 Å². The number of hydrogen-bond acceptors (Lipinski definition) is 13. The van der Waals surface area contributed by atoms with E-state index in [2.05, 4.69) is 21.3 Å². The second-order valence-electron chi connectivity index (χ2n) is 26.9. The van der Waals surface area contributed by atoms with Gasteiger partial charge in [0.1, 0.15) is 71.5 Å². The maximum absolute atomic E-state index is 15.1. The van der Waals surface area contributed by atoms with Gasteiger partial charge >= 0.3 is 0 Å². The molecule has 3 saturated heterocycles. The summed E-state index contributed by atoms with van der Waals surface area (Å²) in [5.41, 5.74) is -0.813. The molecule has 3 fully saturated rings. The number of nitrogens with one attached hydrogen (secondary N) is 4. The molecule has 5 rings (SSSR count). The van der Waals surface area contributed by atoms with Crippen molar-refractivity contribution in [1.82, 2.24) is 60.5 Å². The number of rotatable bonds is 14. The predicted molar refractivity (Wildman–Crippen MR) is 368 cm³/mol. The van der Waals surface area contributed by atoms with Crippen LogP contribution in [-0.2, 0) is 70.4 Å². The van der Waals surface area contributed by atoms with Gasteiger partial charge in [-0.25, -0.2) is 4.39 Å². The second kappa shape index (κ2) is 35.7. The third-order valence-electron chi connectivity index (χ3n) is 19.3. The Kier molecular flexibility index (Phi) is 29.5. The molecule has 532 valence electrons. The highest BCUT2D eigenvalue weighted by atomic mass is 127. The number of unbranched alkanes of at least 4 members (excludes halogenated alkanes) is 1. The molecule has 0 aliphatic carbocycles. The highest BCUT2D eigenvalue weighted by Crippen LogP contribution is 2.27. The number of likely N-dealkylation sites (N-methyl/N-ethyl adjacent to an activating group) is 6. The minimum absolute atomic E-state index is 0.0624. The third kappa shape index (κ3) is 20.1. The molecular formula is C69H104FIN12O13. The number of halogens is 2. The Bertz CT molecular complexity index is 3110. The van der Waals surface area contributed by atoms with Crippen molar-refractivity contribution in [3.8, 4) is 5.75 Å². The lowest BCUT2D eigenvalue weighted by atomic mass is 9.95. The standard InChI is InChI=1S/C69H104FIN12O13/c1-17-20-24-49-63(90)81(15)69(8,9)68(95)74-51(33-41(4)5)62(89)79(13)55(66(93)82-30-22-21-23-31-82)39-57(85)78(12)52(19-3)60(87)75-58(42(6)18-2)67(94)77(11)43(7)61(88)83-32-29-53(83)65(92)80(14)54(37-44-25-27-48(96-16)28-26-44)64(91)76(10)40-56(84)72-50(59(86)73-49)36-45-34-46(70)38-47(71)35-45/h25-28,34-35,38,41-43,49-55,58H,17-24,29-33,36-37,39-40H2,1-16H3,(H,72,84)(H,73,86)(H,74,95)(H,75,87)/t42-,43-,49-,50-,51-,52-,53?,54-,55-,58-/m0/s1. The smallest absolute Gasteiger partial charge is 0.246 e. The fourth-order valence-electron chi connectivity index (χ4n) is 12.2. The van der Waals surface area contributed by atoms with Crippen molar-refractivity contribution < 1.29 is 66.7 Å². The van der Waals surface area contributed by atoms with Crippen LogP contribution in [0.15, 0.2) is 42.5 Å². The van der Waals surface area contributed by atoms with Gasteiger partial charge in [-0.3, -0.25) is 57.5 Å². The van der Waals surface area contributed by atoms with Crippen molar-refractivity contribution in [2.75, 3.05) is 75.6 Å². The molecule has 12 amide bonds. The lowest BCUT2D eigenvalue weighted by Crippen LogP contribution is -2.65. The maximum atomic E-state index is 15.1. The minimum atomic E-state index is -1.73. The number of carbonyl (C=O) groups excluding carboxylic acids is 12. The summed E-state index contributed by atoms with van der Waals surface area (Å²) in [4.78, 5) is 187.